The summed E-state index contributed by atoms with van der Waals surface area (Å²) in [4.78, 5) is 38.2. The molecule has 28 heavy (non-hydrogen) atoms. The van der Waals surface area contributed by atoms with Gasteiger partial charge in [0.05, 0.1) is 12.5 Å². The predicted octanol–water partition coefficient (Wildman–Crippen LogP) is 3.52. The number of ether oxygens (including phenoxy) is 1. The second-order valence-electron chi connectivity index (χ2n) is 6.58. The van der Waals surface area contributed by atoms with Gasteiger partial charge in [-0.25, -0.2) is 0 Å². The van der Waals surface area contributed by atoms with Gasteiger partial charge in [-0.05, 0) is 36.3 Å². The van der Waals surface area contributed by atoms with Gasteiger partial charge in [0.2, 0.25) is 5.91 Å². The van der Waals surface area contributed by atoms with Gasteiger partial charge in [0.15, 0.2) is 6.10 Å². The van der Waals surface area contributed by atoms with E-state index in [0.717, 1.165) is 11.1 Å². The van der Waals surface area contributed by atoms with Crippen LogP contribution in [0.1, 0.15) is 37.4 Å². The van der Waals surface area contributed by atoms with E-state index in [9.17, 15) is 14.4 Å². The minimum Gasteiger partial charge on any atom is -0.452 e. The van der Waals surface area contributed by atoms with Gasteiger partial charge < -0.3 is 15.0 Å². The predicted molar refractivity (Wildman–Crippen MR) is 106 cm³/mol. The van der Waals surface area contributed by atoms with Crippen molar-refractivity contribution in [3.8, 4) is 0 Å². The van der Waals surface area contributed by atoms with E-state index in [0.29, 0.717) is 5.69 Å². The largest absolute Gasteiger partial charge is 0.452 e. The quantitative estimate of drug-likeness (QED) is 0.808. The summed E-state index contributed by atoms with van der Waals surface area (Å²) in [7, 11) is 0. The normalized spacial score (nSPS) is 16.1. The van der Waals surface area contributed by atoms with Crippen molar-refractivity contribution in [2.45, 2.75) is 32.4 Å². The molecule has 0 spiro atoms. The number of carbonyl (C=O) groups is 3. The van der Waals surface area contributed by atoms with Crippen molar-refractivity contribution < 1.29 is 19.1 Å². The Bertz CT molecular complexity index is 908. The Kier molecular flexibility index (Phi) is 5.89. The molecular weight excluding hydrogens is 356 g/mol. The highest BCUT2D eigenvalue weighted by atomic mass is 16.5. The molecular formula is C22H22N2O4. The van der Waals surface area contributed by atoms with Crippen LogP contribution in [0.2, 0.25) is 0 Å². The van der Waals surface area contributed by atoms with Crippen LogP contribution in [0.4, 0.5) is 5.69 Å². The zero-order valence-corrected chi connectivity index (χ0v) is 15.8. The Hall–Kier alpha value is -3.41. The average molecular weight is 378 g/mol. The van der Waals surface area contributed by atoms with Gasteiger partial charge in [0, 0.05) is 18.8 Å². The van der Waals surface area contributed by atoms with Crippen LogP contribution >= 0.6 is 0 Å². The standard InChI is InChI=1S/C22H22N2O4/c1-15(22(27)23-18-9-4-3-5-10-18)28-21(26)14-20-19-11-7-6-8-17(19)12-13-24(20)16(2)25/h3-13,15,20H,14H2,1-2H3,(H,23,27)/t15-,20-/m0/s1. The third-order valence-electron chi connectivity index (χ3n) is 4.55. The molecule has 2 aromatic rings. The Morgan fingerprint density at radius 1 is 1.07 bits per heavy atom. The van der Waals surface area contributed by atoms with Crippen molar-refractivity contribution in [2.75, 3.05) is 5.32 Å². The molecule has 1 heterocycles. The van der Waals surface area contributed by atoms with Gasteiger partial charge in [-0.15, -0.1) is 0 Å². The second kappa shape index (κ2) is 8.52. The number of benzene rings is 2. The summed E-state index contributed by atoms with van der Waals surface area (Å²) in [6, 6.07) is 16.1. The minimum absolute atomic E-state index is 0.0378. The molecule has 0 unspecified atom stereocenters. The molecule has 0 saturated heterocycles. The first-order valence-corrected chi connectivity index (χ1v) is 9.07. The fourth-order valence-corrected chi connectivity index (χ4v) is 3.14. The highest BCUT2D eigenvalue weighted by Crippen LogP contribution is 2.33. The van der Waals surface area contributed by atoms with Crippen molar-refractivity contribution in [3.63, 3.8) is 0 Å². The number of para-hydroxylation sites is 1. The van der Waals surface area contributed by atoms with E-state index in [1.54, 1.807) is 30.5 Å². The third-order valence-corrected chi connectivity index (χ3v) is 4.55. The molecule has 0 fully saturated rings. The van der Waals surface area contributed by atoms with E-state index in [1.165, 1.54) is 18.7 Å². The van der Waals surface area contributed by atoms with E-state index in [-0.39, 0.29) is 12.3 Å². The molecule has 0 aromatic heterocycles. The van der Waals surface area contributed by atoms with Crippen molar-refractivity contribution in [3.05, 3.63) is 71.9 Å². The molecule has 144 valence electrons. The van der Waals surface area contributed by atoms with Crippen molar-refractivity contribution in [1.29, 1.82) is 0 Å². The number of hydrogen-bond acceptors (Lipinski definition) is 4. The van der Waals surface area contributed by atoms with E-state index in [2.05, 4.69) is 5.32 Å². The molecule has 0 radical (unpaired) electrons. The van der Waals surface area contributed by atoms with Crippen LogP contribution in [0.15, 0.2) is 60.8 Å². The second-order valence-corrected chi connectivity index (χ2v) is 6.58. The number of carbonyl (C=O) groups excluding carboxylic acids is 3. The minimum atomic E-state index is -0.951. The summed E-state index contributed by atoms with van der Waals surface area (Å²) in [5.74, 6) is -1.12. The molecule has 0 saturated carbocycles. The number of anilines is 1. The fourth-order valence-electron chi connectivity index (χ4n) is 3.14. The molecule has 6 nitrogen and oxygen atoms in total. The molecule has 1 aliphatic rings. The van der Waals surface area contributed by atoms with Crippen LogP contribution in [0.5, 0.6) is 0 Å². The Morgan fingerprint density at radius 2 is 1.75 bits per heavy atom. The summed E-state index contributed by atoms with van der Waals surface area (Å²) in [6.45, 7) is 2.97. The summed E-state index contributed by atoms with van der Waals surface area (Å²) < 4.78 is 5.32. The zero-order valence-electron chi connectivity index (χ0n) is 15.8. The number of hydrogen-bond donors (Lipinski definition) is 1. The Morgan fingerprint density at radius 3 is 2.46 bits per heavy atom. The summed E-state index contributed by atoms with van der Waals surface area (Å²) in [5.41, 5.74) is 2.45. The molecule has 0 bridgehead atoms. The number of fused-ring (bicyclic) bond motifs is 1. The van der Waals surface area contributed by atoms with Gasteiger partial charge in [-0.1, -0.05) is 42.5 Å². The molecule has 2 amide bonds. The number of amides is 2. The lowest BCUT2D eigenvalue weighted by Gasteiger charge is -2.32. The van der Waals surface area contributed by atoms with E-state index in [4.69, 9.17) is 4.74 Å². The van der Waals surface area contributed by atoms with E-state index in [1.807, 2.05) is 36.4 Å². The average Bonchev–Trinajstić information content (AvgIpc) is 2.68. The zero-order chi connectivity index (χ0) is 20.1. The van der Waals surface area contributed by atoms with Crippen molar-refractivity contribution in [2.24, 2.45) is 0 Å². The van der Waals surface area contributed by atoms with Crippen molar-refractivity contribution >= 4 is 29.5 Å². The number of nitrogens with one attached hydrogen (secondary N) is 1. The first-order valence-electron chi connectivity index (χ1n) is 9.07. The number of rotatable bonds is 5. The molecule has 6 heteroatoms. The first kappa shape index (κ1) is 19.4. The maximum atomic E-state index is 12.5. The lowest BCUT2D eigenvalue weighted by molar-refractivity contribution is -0.154. The van der Waals surface area contributed by atoms with Gasteiger partial charge in [0.25, 0.3) is 5.91 Å². The lowest BCUT2D eigenvalue weighted by atomic mass is 9.94. The maximum Gasteiger partial charge on any atom is 0.309 e. The summed E-state index contributed by atoms with van der Waals surface area (Å²) in [6.07, 6.45) is 2.53. The summed E-state index contributed by atoms with van der Waals surface area (Å²) >= 11 is 0. The highest BCUT2D eigenvalue weighted by molar-refractivity contribution is 5.95. The van der Waals surface area contributed by atoms with Crippen molar-refractivity contribution in [1.82, 2.24) is 4.90 Å². The maximum absolute atomic E-state index is 12.5. The molecule has 1 N–H and O–H groups in total. The molecule has 2 atom stereocenters. The first-order chi connectivity index (χ1) is 13.5. The molecule has 3 rings (SSSR count). The fraction of sp³-hybridized carbons (Fsp3) is 0.227. The summed E-state index contributed by atoms with van der Waals surface area (Å²) in [5, 5.41) is 2.70. The third kappa shape index (κ3) is 4.46. The monoisotopic (exact) mass is 378 g/mol. The SMILES string of the molecule is CC(=O)N1C=Cc2ccccc2[C@@H]1CC(=O)O[C@@H](C)C(=O)Nc1ccccc1. The van der Waals surface area contributed by atoms with Gasteiger partial charge >= 0.3 is 5.97 Å². The highest BCUT2D eigenvalue weighted by Gasteiger charge is 2.30. The van der Waals surface area contributed by atoms with Crippen LogP contribution < -0.4 is 5.32 Å². The molecule has 0 aliphatic carbocycles. The van der Waals surface area contributed by atoms with E-state index >= 15 is 0 Å². The van der Waals surface area contributed by atoms with Crippen LogP contribution in [-0.4, -0.2) is 28.8 Å². The van der Waals surface area contributed by atoms with Crippen LogP contribution in [-0.2, 0) is 19.1 Å². The molecule has 1 aliphatic heterocycles. The van der Waals surface area contributed by atoms with Gasteiger partial charge in [-0.2, -0.15) is 0 Å². The number of nitrogens with zero attached hydrogens (tertiary/aromatic N) is 1. The Balaban J connectivity index is 1.66. The van der Waals surface area contributed by atoms with Gasteiger partial charge in [-0.3, -0.25) is 14.4 Å². The smallest absolute Gasteiger partial charge is 0.309 e. The van der Waals surface area contributed by atoms with Crippen LogP contribution in [0.3, 0.4) is 0 Å². The van der Waals surface area contributed by atoms with Gasteiger partial charge in [0.1, 0.15) is 0 Å². The van der Waals surface area contributed by atoms with Crippen LogP contribution in [0.25, 0.3) is 6.08 Å². The van der Waals surface area contributed by atoms with Crippen LogP contribution in [0, 0.1) is 0 Å². The Labute approximate surface area is 163 Å². The molecule has 2 aromatic carbocycles. The topological polar surface area (TPSA) is 75.7 Å². The number of esters is 1. The van der Waals surface area contributed by atoms with E-state index < -0.39 is 24.0 Å². The lowest BCUT2D eigenvalue weighted by Crippen LogP contribution is -2.34.